The minimum absolute atomic E-state index is 0.915. The third-order valence-corrected chi connectivity index (χ3v) is 3.32. The number of unbranched alkanes of at least 4 members (excludes halogenated alkanes) is 12. The largest absolute Gasteiger partial charge is 0.299 e. The van der Waals surface area contributed by atoms with Gasteiger partial charge in [-0.15, -0.1) is 0 Å². The number of hydrogen-bond donors (Lipinski definition) is 0. The summed E-state index contributed by atoms with van der Waals surface area (Å²) in [6.07, 6.45) is 20.2. The molecule has 0 heterocycles. The smallest absolute Gasteiger partial charge is 0.138 e. The number of rotatable bonds is 13. The molecule has 17 heavy (non-hydrogen) atoms. The zero-order valence-corrected chi connectivity index (χ0v) is 11.8. The lowest BCUT2D eigenvalue weighted by Gasteiger charge is -2.02. The summed E-state index contributed by atoms with van der Waals surface area (Å²) < 4.78 is 0. The molecular weight excluding hydrogens is 208 g/mol. The van der Waals surface area contributed by atoms with Crippen LogP contribution in [-0.4, -0.2) is 0 Å². The van der Waals surface area contributed by atoms with Gasteiger partial charge in [0.25, 0.3) is 0 Å². The van der Waals surface area contributed by atoms with Gasteiger partial charge in [-0.25, -0.2) is 0 Å². The molecule has 0 bridgehead atoms. The summed E-state index contributed by atoms with van der Waals surface area (Å²) in [5.74, 6) is 0. The first-order chi connectivity index (χ1) is 8.41. The van der Waals surface area contributed by atoms with E-state index in [1.807, 2.05) is 0 Å². The highest BCUT2D eigenvalue weighted by molar-refractivity contribution is 4.70. The third kappa shape index (κ3) is 15.5. The van der Waals surface area contributed by atoms with Crippen molar-refractivity contribution in [1.29, 1.82) is 0 Å². The van der Waals surface area contributed by atoms with Crippen LogP contribution in [0.15, 0.2) is 12.3 Å². The second-order valence-electron chi connectivity index (χ2n) is 5.05. The first-order valence-corrected chi connectivity index (χ1v) is 7.68. The summed E-state index contributed by atoms with van der Waals surface area (Å²) in [5.41, 5.74) is 0. The van der Waals surface area contributed by atoms with E-state index in [1.54, 1.807) is 6.08 Å². The molecule has 1 heteroatoms. The van der Waals surface area contributed by atoms with Crippen LogP contribution in [0.5, 0.6) is 0 Å². The van der Waals surface area contributed by atoms with Crippen molar-refractivity contribution in [2.24, 2.45) is 0 Å². The molecule has 0 aromatic heterocycles. The molecule has 0 amide bonds. The van der Waals surface area contributed by atoms with Gasteiger partial charge in [0.05, 0.1) is 0 Å². The summed E-state index contributed by atoms with van der Waals surface area (Å²) in [6.45, 7) is 2.27. The molecule has 101 valence electrons. The van der Waals surface area contributed by atoms with Gasteiger partial charge >= 0.3 is 0 Å². The van der Waals surface area contributed by atoms with Gasteiger partial charge in [-0.3, -0.25) is 5.11 Å². The van der Waals surface area contributed by atoms with Crippen LogP contribution in [0, 0.1) is 0 Å². The third-order valence-electron chi connectivity index (χ3n) is 3.32. The maximum absolute atomic E-state index is 10.1. The predicted molar refractivity (Wildman–Crippen MR) is 75.5 cm³/mol. The highest BCUT2D eigenvalue weighted by Gasteiger charge is 1.92. The molecule has 0 aliphatic heterocycles. The van der Waals surface area contributed by atoms with Crippen LogP contribution in [0.3, 0.4) is 0 Å². The average Bonchev–Trinajstić information content (AvgIpc) is 2.35. The summed E-state index contributed by atoms with van der Waals surface area (Å²) in [4.78, 5) is 0. The molecule has 1 nitrogen and oxygen atoms in total. The zero-order valence-electron chi connectivity index (χ0n) is 11.8. The Bertz CT molecular complexity index is 152. The van der Waals surface area contributed by atoms with Crippen LogP contribution in [0.2, 0.25) is 0 Å². The van der Waals surface area contributed by atoms with E-state index in [0.29, 0.717) is 0 Å². The molecule has 0 saturated heterocycles. The summed E-state index contributed by atoms with van der Waals surface area (Å²) in [5, 5.41) is 10.1. The van der Waals surface area contributed by atoms with Gasteiger partial charge in [0.1, 0.15) is 6.26 Å². The van der Waals surface area contributed by atoms with E-state index in [4.69, 9.17) is 0 Å². The summed E-state index contributed by atoms with van der Waals surface area (Å²) in [6, 6.07) is 0. The van der Waals surface area contributed by atoms with Crippen LogP contribution in [0.4, 0.5) is 0 Å². The van der Waals surface area contributed by atoms with Crippen LogP contribution >= 0.6 is 0 Å². The Morgan fingerprint density at radius 1 is 0.647 bits per heavy atom. The van der Waals surface area contributed by atoms with Gasteiger partial charge in [-0.2, -0.15) is 0 Å². The molecule has 0 aromatic rings. The molecule has 0 aromatic carbocycles. The fourth-order valence-electron chi connectivity index (χ4n) is 2.17. The monoisotopic (exact) mass is 239 g/mol. The van der Waals surface area contributed by atoms with Gasteiger partial charge in [0.2, 0.25) is 0 Å². The van der Waals surface area contributed by atoms with Gasteiger partial charge in [0.15, 0.2) is 0 Å². The van der Waals surface area contributed by atoms with Gasteiger partial charge in [-0.1, -0.05) is 77.6 Å². The average molecular weight is 239 g/mol. The van der Waals surface area contributed by atoms with E-state index in [1.165, 1.54) is 77.0 Å². The maximum Gasteiger partial charge on any atom is 0.138 e. The number of allylic oxidation sites excluding steroid dienone is 1. The molecule has 0 aliphatic carbocycles. The molecule has 0 N–H and O–H groups in total. The molecule has 0 spiro atoms. The summed E-state index contributed by atoms with van der Waals surface area (Å²) >= 11 is 0. The van der Waals surface area contributed by atoms with Crippen molar-refractivity contribution < 1.29 is 5.11 Å². The van der Waals surface area contributed by atoms with E-state index in [-0.39, 0.29) is 0 Å². The Morgan fingerprint density at radius 2 is 1.06 bits per heavy atom. The van der Waals surface area contributed by atoms with Crippen LogP contribution in [0.1, 0.15) is 90.4 Å². The lowest BCUT2D eigenvalue weighted by atomic mass is 10.0. The second kappa shape index (κ2) is 15.5. The normalized spacial score (nSPS) is 11.4. The van der Waals surface area contributed by atoms with E-state index in [2.05, 4.69) is 6.92 Å². The van der Waals surface area contributed by atoms with Crippen LogP contribution < -0.4 is 0 Å². The Labute approximate surface area is 108 Å². The van der Waals surface area contributed by atoms with Crippen molar-refractivity contribution >= 4 is 0 Å². The molecular formula is C16H31O. The minimum atomic E-state index is 0.915. The Balaban J connectivity index is 2.89. The molecule has 1 radical (unpaired) electrons. The molecule has 0 fully saturated rings. The highest BCUT2D eigenvalue weighted by Crippen LogP contribution is 2.12. The van der Waals surface area contributed by atoms with Crippen LogP contribution in [0.25, 0.3) is 0 Å². The highest BCUT2D eigenvalue weighted by atomic mass is 16.2. The van der Waals surface area contributed by atoms with Crippen molar-refractivity contribution in [2.45, 2.75) is 90.4 Å². The topological polar surface area (TPSA) is 19.9 Å². The van der Waals surface area contributed by atoms with E-state index < -0.39 is 0 Å². The summed E-state index contributed by atoms with van der Waals surface area (Å²) in [7, 11) is 0. The van der Waals surface area contributed by atoms with Crippen molar-refractivity contribution in [3.8, 4) is 0 Å². The lowest BCUT2D eigenvalue weighted by molar-refractivity contribution is 0.349. The van der Waals surface area contributed by atoms with E-state index in [0.717, 1.165) is 12.7 Å². The SMILES string of the molecule is CCCCCCCCCCCCCC/C=C/[O]. The molecule has 0 rings (SSSR count). The first-order valence-electron chi connectivity index (χ1n) is 7.68. The molecule has 0 saturated carbocycles. The Hall–Kier alpha value is -0.460. The fraction of sp³-hybridized carbons (Fsp3) is 0.875. The first kappa shape index (κ1) is 16.5. The van der Waals surface area contributed by atoms with Crippen molar-refractivity contribution in [3.05, 3.63) is 12.3 Å². The lowest BCUT2D eigenvalue weighted by Crippen LogP contribution is -1.82. The van der Waals surface area contributed by atoms with Crippen molar-refractivity contribution in [1.82, 2.24) is 0 Å². The Morgan fingerprint density at radius 3 is 1.47 bits per heavy atom. The van der Waals surface area contributed by atoms with Crippen molar-refractivity contribution in [2.75, 3.05) is 0 Å². The standard InChI is InChI=1S/C16H31O/c1-2-3-4-5-6-7-8-9-10-11-12-13-14-15-16-17/h15-16H,2-14H2,1H3/b16-15+. The second-order valence-corrected chi connectivity index (χ2v) is 5.05. The Kier molecular flexibility index (Phi) is 15.1. The minimum Gasteiger partial charge on any atom is -0.299 e. The van der Waals surface area contributed by atoms with E-state index in [9.17, 15) is 5.11 Å². The van der Waals surface area contributed by atoms with Gasteiger partial charge < -0.3 is 0 Å². The predicted octanol–water partition coefficient (Wildman–Crippen LogP) is 6.02. The zero-order chi connectivity index (χ0) is 12.6. The van der Waals surface area contributed by atoms with Crippen molar-refractivity contribution in [3.63, 3.8) is 0 Å². The molecule has 0 atom stereocenters. The number of hydrogen-bond acceptors (Lipinski definition) is 0. The van der Waals surface area contributed by atoms with Gasteiger partial charge in [0, 0.05) is 0 Å². The fourth-order valence-corrected chi connectivity index (χ4v) is 2.17. The molecule has 0 unspecified atom stereocenters. The molecule has 0 aliphatic rings. The maximum atomic E-state index is 10.1. The quantitative estimate of drug-likeness (QED) is 0.276. The van der Waals surface area contributed by atoms with Gasteiger partial charge in [-0.05, 0) is 18.9 Å². The van der Waals surface area contributed by atoms with E-state index >= 15 is 0 Å². The van der Waals surface area contributed by atoms with Crippen LogP contribution in [-0.2, 0) is 5.11 Å².